The monoisotopic (exact) mass is 193 g/mol. The van der Waals surface area contributed by atoms with Gasteiger partial charge in [0.15, 0.2) is 0 Å². The van der Waals surface area contributed by atoms with Crippen LogP contribution in [0, 0.1) is 5.82 Å². The molecule has 1 N–H and O–H groups in total. The van der Waals surface area contributed by atoms with Gasteiger partial charge in [0.05, 0.1) is 0 Å². The first-order valence-electron chi connectivity index (χ1n) is 4.84. The average molecular weight is 193 g/mol. The fourth-order valence-corrected chi connectivity index (χ4v) is 1.41. The van der Waals surface area contributed by atoms with Crippen LogP contribution < -0.4 is 5.32 Å². The zero-order valence-corrected chi connectivity index (χ0v) is 8.68. The fourth-order valence-electron chi connectivity index (χ4n) is 1.41. The molecule has 0 aliphatic heterocycles. The Balaban J connectivity index is 2.94. The molecule has 0 aliphatic rings. The Morgan fingerprint density at radius 1 is 1.57 bits per heavy atom. The molecule has 1 aromatic rings. The summed E-state index contributed by atoms with van der Waals surface area (Å²) in [6, 6.07) is 5.37. The molecule has 0 fully saturated rings. The lowest BCUT2D eigenvalue weighted by molar-refractivity contribution is 0.591. The van der Waals surface area contributed by atoms with Crippen LogP contribution in [0.3, 0.4) is 0 Å². The number of hydrogen-bond donors (Lipinski definition) is 1. The van der Waals surface area contributed by atoms with Crippen LogP contribution in [0.4, 0.5) is 4.39 Å². The Morgan fingerprint density at radius 3 is 2.86 bits per heavy atom. The Labute approximate surface area is 84.6 Å². The Bertz CT molecular complexity index is 320. The van der Waals surface area contributed by atoms with E-state index in [2.05, 4.69) is 25.7 Å². The third-order valence-corrected chi connectivity index (χ3v) is 2.25. The van der Waals surface area contributed by atoms with Gasteiger partial charge in [-0.2, -0.15) is 0 Å². The summed E-state index contributed by atoms with van der Waals surface area (Å²) in [4.78, 5) is 0. The molecule has 0 saturated carbocycles. The molecule has 0 saturated heterocycles. The van der Waals surface area contributed by atoms with Gasteiger partial charge in [-0.25, -0.2) is 4.39 Å². The number of benzene rings is 1. The maximum Gasteiger partial charge on any atom is 0.130 e. The van der Waals surface area contributed by atoms with Crippen molar-refractivity contribution in [3.8, 4) is 0 Å². The van der Waals surface area contributed by atoms with E-state index >= 15 is 0 Å². The van der Waals surface area contributed by atoms with Crippen LogP contribution in [-0.4, -0.2) is 6.54 Å². The first-order valence-corrected chi connectivity index (χ1v) is 4.84. The summed E-state index contributed by atoms with van der Waals surface area (Å²) in [5.74, 6) is -0.215. The van der Waals surface area contributed by atoms with Gasteiger partial charge >= 0.3 is 0 Å². The van der Waals surface area contributed by atoms with E-state index in [-0.39, 0.29) is 11.9 Å². The number of hydrogen-bond acceptors (Lipinski definition) is 1. The Hall–Kier alpha value is -1.15. The van der Waals surface area contributed by atoms with Crippen LogP contribution in [0.15, 0.2) is 24.8 Å². The predicted molar refractivity (Wildman–Crippen MR) is 58.6 cm³/mol. The molecule has 1 unspecified atom stereocenters. The molecular weight excluding hydrogens is 177 g/mol. The summed E-state index contributed by atoms with van der Waals surface area (Å²) >= 11 is 0. The van der Waals surface area contributed by atoms with Gasteiger partial charge < -0.3 is 5.32 Å². The van der Waals surface area contributed by atoms with Crippen molar-refractivity contribution in [2.24, 2.45) is 0 Å². The van der Waals surface area contributed by atoms with Crippen molar-refractivity contribution < 1.29 is 4.39 Å². The quantitative estimate of drug-likeness (QED) is 0.774. The van der Waals surface area contributed by atoms with Gasteiger partial charge in [-0.15, -0.1) is 0 Å². The largest absolute Gasteiger partial charge is 0.310 e. The Morgan fingerprint density at radius 2 is 2.29 bits per heavy atom. The molecule has 0 aliphatic carbocycles. The molecule has 2 heteroatoms. The Kier molecular flexibility index (Phi) is 3.84. The molecule has 1 atom stereocenters. The van der Waals surface area contributed by atoms with Crippen molar-refractivity contribution in [1.82, 2.24) is 5.32 Å². The topological polar surface area (TPSA) is 12.0 Å². The van der Waals surface area contributed by atoms with Gasteiger partial charge in [0.2, 0.25) is 0 Å². The van der Waals surface area contributed by atoms with Gasteiger partial charge in [-0.05, 0) is 31.2 Å². The molecule has 0 heterocycles. The predicted octanol–water partition coefficient (Wildman–Crippen LogP) is 3.14. The van der Waals surface area contributed by atoms with Crippen LogP contribution in [0.5, 0.6) is 0 Å². The second-order valence-corrected chi connectivity index (χ2v) is 3.26. The van der Waals surface area contributed by atoms with Crippen molar-refractivity contribution in [3.63, 3.8) is 0 Å². The van der Waals surface area contributed by atoms with E-state index in [9.17, 15) is 4.39 Å². The SMILES string of the molecule is C=Cc1cc(C(C)NCC)ccc1F. The summed E-state index contributed by atoms with van der Waals surface area (Å²) in [7, 11) is 0. The second kappa shape index (κ2) is 4.91. The van der Waals surface area contributed by atoms with Crippen molar-refractivity contribution in [1.29, 1.82) is 0 Å². The molecule has 0 amide bonds. The molecule has 14 heavy (non-hydrogen) atoms. The lowest BCUT2D eigenvalue weighted by Crippen LogP contribution is -2.17. The van der Waals surface area contributed by atoms with E-state index in [1.165, 1.54) is 12.1 Å². The van der Waals surface area contributed by atoms with E-state index < -0.39 is 0 Å². The third-order valence-electron chi connectivity index (χ3n) is 2.25. The highest BCUT2D eigenvalue weighted by atomic mass is 19.1. The number of rotatable bonds is 4. The zero-order chi connectivity index (χ0) is 10.6. The van der Waals surface area contributed by atoms with Crippen LogP contribution >= 0.6 is 0 Å². The average Bonchev–Trinajstić information content (AvgIpc) is 2.19. The van der Waals surface area contributed by atoms with Gasteiger partial charge in [-0.3, -0.25) is 0 Å². The highest BCUT2D eigenvalue weighted by Crippen LogP contribution is 2.17. The second-order valence-electron chi connectivity index (χ2n) is 3.26. The summed E-state index contributed by atoms with van der Waals surface area (Å²) in [5, 5.41) is 3.28. The van der Waals surface area contributed by atoms with Gasteiger partial charge in [0, 0.05) is 11.6 Å². The summed E-state index contributed by atoms with van der Waals surface area (Å²) in [6.45, 7) is 8.59. The van der Waals surface area contributed by atoms with Crippen molar-refractivity contribution in [2.45, 2.75) is 19.9 Å². The standard InChI is InChI=1S/C12H16FN/c1-4-10-8-11(6-7-12(10)13)9(3)14-5-2/h4,6-9,14H,1,5H2,2-3H3. The maximum atomic E-state index is 13.1. The molecule has 1 aromatic carbocycles. The first kappa shape index (κ1) is 10.9. The molecule has 1 nitrogen and oxygen atoms in total. The molecule has 0 aromatic heterocycles. The minimum absolute atomic E-state index is 0.215. The third kappa shape index (κ3) is 2.42. The summed E-state index contributed by atoms with van der Waals surface area (Å²) in [6.07, 6.45) is 1.54. The van der Waals surface area contributed by atoms with Crippen molar-refractivity contribution in [3.05, 3.63) is 41.7 Å². The summed E-state index contributed by atoms with van der Waals surface area (Å²) < 4.78 is 13.1. The van der Waals surface area contributed by atoms with Crippen molar-refractivity contribution in [2.75, 3.05) is 6.54 Å². The molecular formula is C12H16FN. The minimum Gasteiger partial charge on any atom is -0.310 e. The fraction of sp³-hybridized carbons (Fsp3) is 0.333. The normalized spacial score (nSPS) is 12.5. The van der Waals surface area contributed by atoms with E-state index in [0.29, 0.717) is 5.56 Å². The van der Waals surface area contributed by atoms with Crippen LogP contribution in [0.25, 0.3) is 6.08 Å². The van der Waals surface area contributed by atoms with Gasteiger partial charge in [-0.1, -0.05) is 25.6 Å². The molecule has 0 bridgehead atoms. The number of halogens is 1. The highest BCUT2D eigenvalue weighted by Gasteiger charge is 2.05. The van der Waals surface area contributed by atoms with Crippen LogP contribution in [0.1, 0.15) is 31.0 Å². The molecule has 76 valence electrons. The maximum absolute atomic E-state index is 13.1. The smallest absolute Gasteiger partial charge is 0.130 e. The lowest BCUT2D eigenvalue weighted by Gasteiger charge is -2.13. The molecule has 0 spiro atoms. The van der Waals surface area contributed by atoms with E-state index in [1.807, 2.05) is 6.07 Å². The van der Waals surface area contributed by atoms with Crippen LogP contribution in [0.2, 0.25) is 0 Å². The minimum atomic E-state index is -0.215. The van der Waals surface area contributed by atoms with E-state index in [0.717, 1.165) is 12.1 Å². The first-order chi connectivity index (χ1) is 6.69. The lowest BCUT2D eigenvalue weighted by atomic mass is 10.0. The van der Waals surface area contributed by atoms with Crippen molar-refractivity contribution >= 4 is 6.08 Å². The highest BCUT2D eigenvalue weighted by molar-refractivity contribution is 5.49. The number of nitrogens with one attached hydrogen (secondary N) is 1. The zero-order valence-electron chi connectivity index (χ0n) is 8.68. The van der Waals surface area contributed by atoms with E-state index in [4.69, 9.17) is 0 Å². The van der Waals surface area contributed by atoms with Gasteiger partial charge in [0.1, 0.15) is 5.82 Å². The van der Waals surface area contributed by atoms with E-state index in [1.54, 1.807) is 6.07 Å². The molecule has 1 rings (SSSR count). The molecule has 0 radical (unpaired) electrons. The van der Waals surface area contributed by atoms with Gasteiger partial charge in [0.25, 0.3) is 0 Å². The van der Waals surface area contributed by atoms with Crippen LogP contribution in [-0.2, 0) is 0 Å². The summed E-state index contributed by atoms with van der Waals surface area (Å²) in [5.41, 5.74) is 1.65.